The number of carbonyl (C=O) groups excluding carboxylic acids is 1. The Morgan fingerprint density at radius 3 is 3.11 bits per heavy atom. The molecule has 1 saturated heterocycles. The number of carbonyl (C=O) groups is 1. The quantitative estimate of drug-likeness (QED) is 0.874. The van der Waals surface area contributed by atoms with Crippen LogP contribution in [0.25, 0.3) is 0 Å². The number of thiophene rings is 1. The fourth-order valence-corrected chi connectivity index (χ4v) is 4.75. The van der Waals surface area contributed by atoms with Crippen LogP contribution in [0.15, 0.2) is 27.4 Å². The minimum absolute atomic E-state index is 0.0825. The number of nitriles is 1. The van der Waals surface area contributed by atoms with Crippen molar-refractivity contribution in [1.29, 1.82) is 5.26 Å². The number of hydrogen-bond donors (Lipinski definition) is 0. The van der Waals surface area contributed by atoms with Crippen LogP contribution in [0.1, 0.15) is 12.0 Å². The van der Waals surface area contributed by atoms with Crippen LogP contribution < -0.4 is 4.90 Å². The van der Waals surface area contributed by atoms with Crippen molar-refractivity contribution in [3.63, 3.8) is 0 Å². The van der Waals surface area contributed by atoms with Crippen LogP contribution in [0.5, 0.6) is 0 Å². The molecule has 1 aliphatic rings. The number of hydrogen-bond acceptors (Lipinski definition) is 6. The van der Waals surface area contributed by atoms with Crippen LogP contribution >= 0.6 is 34.4 Å². The van der Waals surface area contributed by atoms with Gasteiger partial charge in [-0.3, -0.25) is 4.79 Å². The largest absolute Gasteiger partial charge is 0.302 e. The van der Waals surface area contributed by atoms with Gasteiger partial charge in [-0.1, -0.05) is 11.8 Å². The highest BCUT2D eigenvalue weighted by Gasteiger charge is 2.35. The number of anilines is 1. The van der Waals surface area contributed by atoms with Gasteiger partial charge in [0.25, 0.3) is 0 Å². The third-order valence-corrected chi connectivity index (χ3v) is 5.93. The number of nitrogens with zero attached hydrogens (tertiary/aromatic N) is 3. The molecule has 96 valence electrons. The van der Waals surface area contributed by atoms with Gasteiger partial charge in [0.15, 0.2) is 4.34 Å². The summed E-state index contributed by atoms with van der Waals surface area (Å²) in [5.41, 5.74) is 0.582. The Balaban J connectivity index is 1.77. The molecule has 0 radical (unpaired) electrons. The monoisotopic (exact) mass is 307 g/mol. The van der Waals surface area contributed by atoms with E-state index in [0.717, 1.165) is 15.8 Å². The number of thiazole rings is 1. The summed E-state index contributed by atoms with van der Waals surface area (Å²) in [6, 6.07) is 3.89. The minimum atomic E-state index is -0.0835. The molecule has 1 amide bonds. The molecule has 19 heavy (non-hydrogen) atoms. The van der Waals surface area contributed by atoms with Crippen molar-refractivity contribution in [3.05, 3.63) is 28.6 Å². The molecule has 2 aromatic heterocycles. The van der Waals surface area contributed by atoms with Gasteiger partial charge in [0, 0.05) is 18.1 Å². The highest BCUT2D eigenvalue weighted by Crippen LogP contribution is 2.36. The Kier molecular flexibility index (Phi) is 3.55. The summed E-state index contributed by atoms with van der Waals surface area (Å²) in [7, 11) is 0. The van der Waals surface area contributed by atoms with Crippen LogP contribution in [0.2, 0.25) is 0 Å². The molecule has 0 N–H and O–H groups in total. The van der Waals surface area contributed by atoms with Gasteiger partial charge in [0.2, 0.25) is 5.91 Å². The summed E-state index contributed by atoms with van der Waals surface area (Å²) in [4.78, 5) is 18.3. The maximum Gasteiger partial charge on any atom is 0.241 e. The lowest BCUT2D eigenvalue weighted by Gasteiger charge is -2.14. The van der Waals surface area contributed by atoms with Crippen molar-refractivity contribution >= 4 is 45.3 Å². The lowest BCUT2D eigenvalue weighted by Crippen LogP contribution is -2.27. The number of rotatable bonds is 3. The molecular formula is C12H9N3OS3. The predicted molar refractivity (Wildman–Crippen MR) is 77.8 cm³/mol. The standard InChI is InChI=1S/C12H9N3OS3/c13-7-8-2-5-17-11(8)15-4-1-9(10(15)16)19-12-14-3-6-18-12/h2-3,5-6,9H,1,4H2/t9-/m1/s1. The second-order valence-electron chi connectivity index (χ2n) is 3.93. The summed E-state index contributed by atoms with van der Waals surface area (Å²) in [6.45, 7) is 0.678. The zero-order valence-corrected chi connectivity index (χ0v) is 12.2. The minimum Gasteiger partial charge on any atom is -0.302 e. The van der Waals surface area contributed by atoms with Gasteiger partial charge in [0.1, 0.15) is 11.1 Å². The molecule has 7 heteroatoms. The van der Waals surface area contributed by atoms with Crippen molar-refractivity contribution in [1.82, 2.24) is 4.98 Å². The molecule has 0 bridgehead atoms. The van der Waals surface area contributed by atoms with E-state index in [4.69, 9.17) is 5.26 Å². The third kappa shape index (κ3) is 2.39. The van der Waals surface area contributed by atoms with Crippen molar-refractivity contribution in [2.75, 3.05) is 11.4 Å². The van der Waals surface area contributed by atoms with Crippen LogP contribution in [0, 0.1) is 11.3 Å². The predicted octanol–water partition coefficient (Wildman–Crippen LogP) is 2.97. The lowest BCUT2D eigenvalue weighted by molar-refractivity contribution is -0.116. The number of amides is 1. The van der Waals surface area contributed by atoms with Gasteiger partial charge < -0.3 is 4.90 Å². The first-order valence-electron chi connectivity index (χ1n) is 5.64. The first-order chi connectivity index (χ1) is 9.29. The Bertz CT molecular complexity index is 629. The lowest BCUT2D eigenvalue weighted by atomic mass is 10.3. The molecular weight excluding hydrogens is 298 g/mol. The second kappa shape index (κ2) is 5.33. The van der Waals surface area contributed by atoms with E-state index in [1.54, 1.807) is 28.5 Å². The van der Waals surface area contributed by atoms with E-state index in [9.17, 15) is 4.79 Å². The molecule has 3 heterocycles. The topological polar surface area (TPSA) is 57.0 Å². The average Bonchev–Trinajstić information content (AvgIpc) is 3.12. The summed E-state index contributed by atoms with van der Waals surface area (Å²) in [5, 5.41) is 13.5. The Hall–Kier alpha value is -1.36. The van der Waals surface area contributed by atoms with Crippen molar-refractivity contribution < 1.29 is 4.79 Å². The molecule has 1 atom stereocenters. The van der Waals surface area contributed by atoms with E-state index < -0.39 is 0 Å². The molecule has 3 rings (SSSR count). The Labute approximate surface area is 122 Å². The molecule has 4 nitrogen and oxygen atoms in total. The fourth-order valence-electron chi connectivity index (χ4n) is 1.95. The van der Waals surface area contributed by atoms with E-state index in [-0.39, 0.29) is 11.2 Å². The molecule has 1 aliphatic heterocycles. The maximum absolute atomic E-state index is 12.4. The van der Waals surface area contributed by atoms with Crippen LogP contribution in [-0.2, 0) is 4.79 Å². The molecule has 0 saturated carbocycles. The van der Waals surface area contributed by atoms with Crippen LogP contribution in [0.4, 0.5) is 5.00 Å². The second-order valence-corrected chi connectivity index (χ2v) is 7.17. The van der Waals surface area contributed by atoms with Gasteiger partial charge in [-0.2, -0.15) is 5.26 Å². The highest BCUT2D eigenvalue weighted by atomic mass is 32.2. The summed E-state index contributed by atoms with van der Waals surface area (Å²) in [5.74, 6) is 0.0825. The van der Waals surface area contributed by atoms with E-state index in [1.807, 2.05) is 10.8 Å². The molecule has 1 fully saturated rings. The SMILES string of the molecule is N#Cc1ccsc1N1CC[C@@H](Sc2nccs2)C1=O. The van der Waals surface area contributed by atoms with E-state index in [1.165, 1.54) is 23.1 Å². The molecule has 0 aromatic carbocycles. The molecule has 0 spiro atoms. The van der Waals surface area contributed by atoms with Crippen molar-refractivity contribution in [2.24, 2.45) is 0 Å². The van der Waals surface area contributed by atoms with Crippen LogP contribution in [0.3, 0.4) is 0 Å². The molecule has 0 aliphatic carbocycles. The Morgan fingerprint density at radius 1 is 1.47 bits per heavy atom. The van der Waals surface area contributed by atoms with Gasteiger partial charge in [-0.05, 0) is 17.9 Å². The first kappa shape index (κ1) is 12.7. The molecule has 0 unspecified atom stereocenters. The number of aromatic nitrogens is 1. The summed E-state index contributed by atoms with van der Waals surface area (Å²) >= 11 is 4.51. The normalized spacial score (nSPS) is 18.8. The smallest absolute Gasteiger partial charge is 0.241 e. The van der Waals surface area contributed by atoms with Gasteiger partial charge in [-0.25, -0.2) is 4.98 Å². The van der Waals surface area contributed by atoms with Gasteiger partial charge in [-0.15, -0.1) is 22.7 Å². The zero-order chi connectivity index (χ0) is 13.2. The fraction of sp³-hybridized carbons (Fsp3) is 0.250. The van der Waals surface area contributed by atoms with E-state index >= 15 is 0 Å². The van der Waals surface area contributed by atoms with Crippen molar-refractivity contribution in [2.45, 2.75) is 16.0 Å². The number of thioether (sulfide) groups is 1. The average molecular weight is 307 g/mol. The molecule has 2 aromatic rings. The zero-order valence-electron chi connectivity index (χ0n) is 9.78. The maximum atomic E-state index is 12.4. The van der Waals surface area contributed by atoms with E-state index in [0.29, 0.717) is 12.1 Å². The van der Waals surface area contributed by atoms with Crippen LogP contribution in [-0.4, -0.2) is 22.7 Å². The van der Waals surface area contributed by atoms with Crippen molar-refractivity contribution in [3.8, 4) is 6.07 Å². The third-order valence-electron chi connectivity index (χ3n) is 2.82. The summed E-state index contributed by atoms with van der Waals surface area (Å²) in [6.07, 6.45) is 2.54. The van der Waals surface area contributed by atoms with Gasteiger partial charge in [0.05, 0.1) is 10.8 Å². The van der Waals surface area contributed by atoms with Gasteiger partial charge >= 0.3 is 0 Å². The highest BCUT2D eigenvalue weighted by molar-refractivity contribution is 8.02. The Morgan fingerprint density at radius 2 is 2.37 bits per heavy atom. The first-order valence-corrected chi connectivity index (χ1v) is 8.28. The summed E-state index contributed by atoms with van der Waals surface area (Å²) < 4.78 is 0.923. The van der Waals surface area contributed by atoms with E-state index in [2.05, 4.69) is 11.1 Å².